The quantitative estimate of drug-likeness (QED) is 0.875. The van der Waals surface area contributed by atoms with Crippen molar-refractivity contribution in [3.05, 3.63) is 34.9 Å². The summed E-state index contributed by atoms with van der Waals surface area (Å²) >= 11 is 5.91. The summed E-state index contributed by atoms with van der Waals surface area (Å²) in [6.45, 7) is 4.81. The highest BCUT2D eigenvalue weighted by molar-refractivity contribution is 6.30. The normalized spacial score (nSPS) is 32.3. The van der Waals surface area contributed by atoms with Gasteiger partial charge in [-0.25, -0.2) is 0 Å². The Balaban J connectivity index is 1.61. The van der Waals surface area contributed by atoms with E-state index >= 15 is 0 Å². The smallest absolute Gasteiger partial charge is 0.111 e. The molecule has 1 spiro atoms. The third-order valence-corrected chi connectivity index (χ3v) is 5.36. The first-order valence-corrected chi connectivity index (χ1v) is 8.30. The predicted molar refractivity (Wildman–Crippen MR) is 85.9 cm³/mol. The molecule has 3 rings (SSSR count). The van der Waals surface area contributed by atoms with E-state index in [4.69, 9.17) is 16.3 Å². The van der Waals surface area contributed by atoms with Crippen LogP contribution in [0.4, 0.5) is 0 Å². The molecule has 1 aromatic rings. The van der Waals surface area contributed by atoms with Crippen molar-refractivity contribution in [1.29, 1.82) is 0 Å². The lowest BCUT2D eigenvalue weighted by atomic mass is 9.75. The Morgan fingerprint density at radius 3 is 2.50 bits per heavy atom. The maximum Gasteiger partial charge on any atom is 0.111 e. The second-order valence-electron chi connectivity index (χ2n) is 6.83. The van der Waals surface area contributed by atoms with E-state index in [2.05, 4.69) is 4.90 Å². The van der Waals surface area contributed by atoms with E-state index in [0.717, 1.165) is 37.5 Å². The molecule has 1 aromatic carbocycles. The fourth-order valence-corrected chi connectivity index (χ4v) is 3.72. The van der Waals surface area contributed by atoms with E-state index in [1.807, 2.05) is 24.3 Å². The molecule has 2 heterocycles. The molecule has 2 aliphatic heterocycles. The van der Waals surface area contributed by atoms with E-state index in [-0.39, 0.29) is 0 Å². The van der Waals surface area contributed by atoms with Crippen molar-refractivity contribution < 1.29 is 14.9 Å². The van der Waals surface area contributed by atoms with Crippen molar-refractivity contribution in [2.45, 2.75) is 50.0 Å². The lowest BCUT2D eigenvalue weighted by Crippen LogP contribution is -2.64. The lowest BCUT2D eigenvalue weighted by Gasteiger charge is -2.51. The van der Waals surface area contributed by atoms with Gasteiger partial charge < -0.3 is 14.9 Å². The Morgan fingerprint density at radius 2 is 1.86 bits per heavy atom. The summed E-state index contributed by atoms with van der Waals surface area (Å²) in [5, 5.41) is 21.6. The zero-order valence-corrected chi connectivity index (χ0v) is 13.7. The molecule has 0 aromatic heterocycles. The van der Waals surface area contributed by atoms with Crippen molar-refractivity contribution in [3.63, 3.8) is 0 Å². The highest BCUT2D eigenvalue weighted by Gasteiger charge is 2.52. The number of hydrogen-bond acceptors (Lipinski definition) is 4. The van der Waals surface area contributed by atoms with Crippen LogP contribution in [0, 0.1) is 0 Å². The third-order valence-electron chi connectivity index (χ3n) is 5.11. The summed E-state index contributed by atoms with van der Waals surface area (Å²) in [6.07, 6.45) is 1.17. The van der Waals surface area contributed by atoms with Crippen molar-refractivity contribution in [3.8, 4) is 0 Å². The molecule has 2 aliphatic rings. The van der Waals surface area contributed by atoms with Crippen LogP contribution in [0.15, 0.2) is 24.3 Å². The maximum absolute atomic E-state index is 10.5. The zero-order valence-electron chi connectivity index (χ0n) is 13.0. The van der Waals surface area contributed by atoms with E-state index < -0.39 is 17.3 Å². The number of aliphatic hydroxyl groups excluding tert-OH is 1. The summed E-state index contributed by atoms with van der Waals surface area (Å²) in [7, 11) is 0. The molecule has 0 bridgehead atoms. The van der Waals surface area contributed by atoms with Gasteiger partial charge in [0, 0.05) is 31.1 Å². The molecule has 0 unspecified atom stereocenters. The summed E-state index contributed by atoms with van der Waals surface area (Å²) in [5.74, 6) is 0. The number of ether oxygens (including phenoxy) is 1. The monoisotopic (exact) mass is 325 g/mol. The number of likely N-dealkylation sites (tertiary alicyclic amines) is 1. The Labute approximate surface area is 136 Å². The van der Waals surface area contributed by atoms with E-state index in [1.54, 1.807) is 6.92 Å². The largest absolute Gasteiger partial charge is 0.387 e. The molecule has 5 heteroatoms. The third kappa shape index (κ3) is 3.17. The van der Waals surface area contributed by atoms with Crippen LogP contribution in [0.3, 0.4) is 0 Å². The fraction of sp³-hybridized carbons (Fsp3) is 0.647. The molecule has 0 aliphatic carbocycles. The van der Waals surface area contributed by atoms with Gasteiger partial charge >= 0.3 is 0 Å². The average molecular weight is 326 g/mol. The molecular formula is C17H24ClNO3. The minimum atomic E-state index is -1.05. The topological polar surface area (TPSA) is 52.9 Å². The average Bonchev–Trinajstić information content (AvgIpc) is 2.49. The number of halogens is 1. The van der Waals surface area contributed by atoms with Crippen LogP contribution in [0.25, 0.3) is 0 Å². The number of hydrogen-bond donors (Lipinski definition) is 2. The van der Waals surface area contributed by atoms with E-state index in [0.29, 0.717) is 13.0 Å². The number of nitrogens with zero attached hydrogens (tertiary/aromatic N) is 1. The molecule has 0 radical (unpaired) electrons. The van der Waals surface area contributed by atoms with Crippen LogP contribution in [-0.2, 0) is 11.3 Å². The van der Waals surface area contributed by atoms with Gasteiger partial charge in [-0.05, 0) is 37.5 Å². The first-order valence-electron chi connectivity index (χ1n) is 7.93. The van der Waals surface area contributed by atoms with Gasteiger partial charge in [0.25, 0.3) is 0 Å². The van der Waals surface area contributed by atoms with Crippen LogP contribution in [-0.4, -0.2) is 52.1 Å². The zero-order chi connectivity index (χ0) is 15.8. The number of piperidine rings is 1. The molecule has 0 saturated carbocycles. The molecular weight excluding hydrogens is 302 g/mol. The number of rotatable bonds is 2. The van der Waals surface area contributed by atoms with Gasteiger partial charge in [-0.3, -0.25) is 4.90 Å². The molecule has 4 nitrogen and oxygen atoms in total. The SMILES string of the molecule is C[C@@]1(O)CCOC2(CCN(Cc3ccc(Cl)cc3)CC2)[C@H]1O. The van der Waals surface area contributed by atoms with Crippen molar-refractivity contribution in [2.75, 3.05) is 19.7 Å². The molecule has 2 N–H and O–H groups in total. The molecule has 2 atom stereocenters. The molecule has 2 saturated heterocycles. The highest BCUT2D eigenvalue weighted by Crippen LogP contribution is 2.39. The maximum atomic E-state index is 10.5. The number of aliphatic hydroxyl groups is 2. The molecule has 122 valence electrons. The Morgan fingerprint density at radius 1 is 1.23 bits per heavy atom. The Hall–Kier alpha value is -0.650. The fourth-order valence-electron chi connectivity index (χ4n) is 3.60. The highest BCUT2D eigenvalue weighted by atomic mass is 35.5. The van der Waals surface area contributed by atoms with Gasteiger partial charge in [-0.2, -0.15) is 0 Å². The Bertz CT molecular complexity index is 509. The standard InChI is InChI=1S/C17H24ClNO3/c1-16(21)8-11-22-17(15(16)20)6-9-19(10-7-17)12-13-2-4-14(18)5-3-13/h2-5,15,20-21H,6-12H2,1H3/t15-,16+/m0/s1. The van der Waals surface area contributed by atoms with E-state index in [9.17, 15) is 10.2 Å². The summed E-state index contributed by atoms with van der Waals surface area (Å²) in [6, 6.07) is 7.91. The summed E-state index contributed by atoms with van der Waals surface area (Å²) in [5.41, 5.74) is -0.396. The summed E-state index contributed by atoms with van der Waals surface area (Å²) < 4.78 is 5.91. The first kappa shape index (κ1) is 16.2. The summed E-state index contributed by atoms with van der Waals surface area (Å²) in [4.78, 5) is 2.36. The minimum Gasteiger partial charge on any atom is -0.387 e. The molecule has 2 fully saturated rings. The minimum absolute atomic E-state index is 0.490. The van der Waals surface area contributed by atoms with Crippen LogP contribution in [0.2, 0.25) is 5.02 Å². The van der Waals surface area contributed by atoms with Crippen LogP contribution < -0.4 is 0 Å². The first-order chi connectivity index (χ1) is 10.4. The van der Waals surface area contributed by atoms with Gasteiger partial charge in [0.1, 0.15) is 6.10 Å². The van der Waals surface area contributed by atoms with Crippen molar-refractivity contribution in [1.82, 2.24) is 4.90 Å². The molecule has 22 heavy (non-hydrogen) atoms. The van der Waals surface area contributed by atoms with Crippen molar-refractivity contribution in [2.24, 2.45) is 0 Å². The van der Waals surface area contributed by atoms with Crippen LogP contribution in [0.1, 0.15) is 31.7 Å². The van der Waals surface area contributed by atoms with Gasteiger partial charge in [-0.1, -0.05) is 23.7 Å². The van der Waals surface area contributed by atoms with Crippen LogP contribution >= 0.6 is 11.6 Å². The van der Waals surface area contributed by atoms with E-state index in [1.165, 1.54) is 5.56 Å². The van der Waals surface area contributed by atoms with Gasteiger partial charge in [0.15, 0.2) is 0 Å². The predicted octanol–water partition coefficient (Wildman–Crippen LogP) is 2.21. The van der Waals surface area contributed by atoms with Crippen LogP contribution in [0.5, 0.6) is 0 Å². The second kappa shape index (κ2) is 6.10. The second-order valence-corrected chi connectivity index (χ2v) is 7.26. The Kier molecular flexibility index (Phi) is 4.49. The van der Waals surface area contributed by atoms with Gasteiger partial charge in [-0.15, -0.1) is 0 Å². The molecule has 0 amide bonds. The van der Waals surface area contributed by atoms with Gasteiger partial charge in [0.05, 0.1) is 17.8 Å². The van der Waals surface area contributed by atoms with Crippen molar-refractivity contribution >= 4 is 11.6 Å². The van der Waals surface area contributed by atoms with Gasteiger partial charge in [0.2, 0.25) is 0 Å². The number of benzene rings is 1. The lowest BCUT2D eigenvalue weighted by molar-refractivity contribution is -0.246.